The fourth-order valence-electron chi connectivity index (χ4n) is 8.14. The Morgan fingerprint density at radius 3 is 2.10 bits per heavy atom. The van der Waals surface area contributed by atoms with Crippen LogP contribution in [0.15, 0.2) is 72.9 Å². The number of nitrogens with one attached hydrogen (secondary N) is 2. The van der Waals surface area contributed by atoms with E-state index in [-0.39, 0.29) is 48.6 Å². The zero-order valence-corrected chi connectivity index (χ0v) is 37.5. The number of ether oxygens (including phenoxy) is 3. The Kier molecular flexibility index (Phi) is 19.8. The Balaban J connectivity index is 1.78. The quantitative estimate of drug-likeness (QED) is 0.0871. The highest BCUT2D eigenvalue weighted by molar-refractivity contribution is 7.59. The number of rotatable bonds is 24. The van der Waals surface area contributed by atoms with E-state index in [2.05, 4.69) is 40.7 Å². The van der Waals surface area contributed by atoms with Gasteiger partial charge in [0.25, 0.3) is 0 Å². The second-order valence-electron chi connectivity index (χ2n) is 16.2. The SMILES string of the molecule is C=C([C@@H](NC(=O)CCc1ccccc1)C(C)C)N(C)[C@@H]([C@@H](C)CC)[C@@H](CC(=O)N1CCC[C@H]1[C@H](OC)[C@@H](C)C(=O)N[C@@H](Cc1ccccc1)P(=O)(O)CC(=O)OC)OC. The average molecular weight is 841 g/mol. The second-order valence-corrected chi connectivity index (χ2v) is 18.7. The van der Waals surface area contributed by atoms with Gasteiger partial charge in [-0.15, -0.1) is 0 Å². The first kappa shape index (κ1) is 49.3. The van der Waals surface area contributed by atoms with E-state index < -0.39 is 55.4 Å². The number of nitrogens with zero attached hydrogens (tertiary/aromatic N) is 2. The molecule has 3 N–H and O–H groups in total. The number of carbonyl (C=O) groups is 4. The predicted molar refractivity (Wildman–Crippen MR) is 231 cm³/mol. The standard InChI is InChI=1S/C45H69N4O9P/c1-11-31(4)43(48(7)33(6)42(30(2)3)46-38(50)25-24-34-19-14-12-15-20-34)37(56-8)28-40(51)49-26-18-23-36(49)44(58-10)32(5)45(53)47-39(27-35-21-16-13-17-22-35)59(54,55)29-41(52)57-9/h12-17,19-22,30-32,36-37,39,42-44H,6,11,18,23-29H2,1-5,7-10H3,(H,46,50)(H,47,53)(H,54,55)/t31-,32+,36-,37+,39+,42-,43-,44+/m0/s1. The van der Waals surface area contributed by atoms with Crippen LogP contribution in [-0.2, 0) is 50.8 Å². The fourth-order valence-corrected chi connectivity index (χ4v) is 9.68. The fraction of sp³-hybridized carbons (Fsp3) is 0.600. The van der Waals surface area contributed by atoms with Gasteiger partial charge in [0.1, 0.15) is 11.9 Å². The van der Waals surface area contributed by atoms with Crippen LogP contribution in [0.5, 0.6) is 0 Å². The number of esters is 1. The highest BCUT2D eigenvalue weighted by Gasteiger charge is 2.43. The molecule has 0 aliphatic carbocycles. The van der Waals surface area contributed by atoms with Crippen LogP contribution in [-0.4, -0.2) is 116 Å². The molecule has 0 saturated carbocycles. The number of hydrogen-bond donors (Lipinski definition) is 3. The lowest BCUT2D eigenvalue weighted by Crippen LogP contribution is -2.54. The molecule has 0 radical (unpaired) electrons. The van der Waals surface area contributed by atoms with Gasteiger partial charge in [-0.25, -0.2) is 0 Å². The minimum Gasteiger partial charge on any atom is -0.469 e. The van der Waals surface area contributed by atoms with Crippen molar-refractivity contribution in [3.8, 4) is 0 Å². The molecule has 14 heteroatoms. The van der Waals surface area contributed by atoms with Gasteiger partial charge in [0.2, 0.25) is 25.1 Å². The Hall–Kier alpha value is -4.03. The third-order valence-corrected chi connectivity index (χ3v) is 13.8. The van der Waals surface area contributed by atoms with Crippen LogP contribution in [0, 0.1) is 17.8 Å². The maximum Gasteiger partial charge on any atom is 0.315 e. The van der Waals surface area contributed by atoms with Gasteiger partial charge in [0, 0.05) is 46.4 Å². The summed E-state index contributed by atoms with van der Waals surface area (Å²) in [6, 6.07) is 17.8. The lowest BCUT2D eigenvalue weighted by atomic mass is 9.89. The Bertz CT molecular complexity index is 1710. The number of amides is 3. The first-order valence-corrected chi connectivity index (χ1v) is 22.7. The summed E-state index contributed by atoms with van der Waals surface area (Å²) in [5.74, 6) is -3.54. The monoisotopic (exact) mass is 840 g/mol. The molecule has 2 aromatic carbocycles. The van der Waals surface area contributed by atoms with Crippen LogP contribution in [0.1, 0.15) is 77.8 Å². The summed E-state index contributed by atoms with van der Waals surface area (Å²) < 4.78 is 30.3. The Labute approximate surface area is 352 Å². The molecule has 1 aliphatic rings. The molecule has 13 nitrogen and oxygen atoms in total. The van der Waals surface area contributed by atoms with Crippen molar-refractivity contribution in [3.05, 3.63) is 84.1 Å². The van der Waals surface area contributed by atoms with Crippen LogP contribution in [0.2, 0.25) is 0 Å². The number of carbonyl (C=O) groups excluding carboxylic acids is 4. The van der Waals surface area contributed by atoms with E-state index in [1.165, 1.54) is 7.11 Å². The van der Waals surface area contributed by atoms with Crippen molar-refractivity contribution >= 4 is 31.1 Å². The Morgan fingerprint density at radius 2 is 1.56 bits per heavy atom. The highest BCUT2D eigenvalue weighted by atomic mass is 31.2. The lowest BCUT2D eigenvalue weighted by molar-refractivity contribution is -0.143. The van der Waals surface area contributed by atoms with Crippen molar-refractivity contribution in [1.82, 2.24) is 20.4 Å². The van der Waals surface area contributed by atoms with E-state index in [1.54, 1.807) is 43.2 Å². The summed E-state index contributed by atoms with van der Waals surface area (Å²) >= 11 is 0. The molecule has 3 amide bonds. The van der Waals surface area contributed by atoms with Gasteiger partial charge < -0.3 is 39.5 Å². The molecule has 2 aromatic rings. The third kappa shape index (κ3) is 14.0. The van der Waals surface area contributed by atoms with E-state index in [4.69, 9.17) is 9.47 Å². The van der Waals surface area contributed by atoms with Crippen molar-refractivity contribution in [3.63, 3.8) is 0 Å². The minimum absolute atomic E-state index is 0.0188. The number of methoxy groups -OCH3 is 3. The van der Waals surface area contributed by atoms with Gasteiger partial charge in [-0.2, -0.15) is 0 Å². The normalized spacial score (nSPS) is 18.7. The van der Waals surface area contributed by atoms with Gasteiger partial charge in [-0.3, -0.25) is 23.7 Å². The summed E-state index contributed by atoms with van der Waals surface area (Å²) in [6.45, 7) is 14.9. The number of benzene rings is 2. The molecule has 0 spiro atoms. The van der Waals surface area contributed by atoms with Crippen LogP contribution in [0.4, 0.5) is 0 Å². The van der Waals surface area contributed by atoms with Crippen molar-refractivity contribution < 1.29 is 42.8 Å². The molecular weight excluding hydrogens is 771 g/mol. The maximum atomic E-state index is 14.3. The van der Waals surface area contributed by atoms with E-state index in [1.807, 2.05) is 57.3 Å². The zero-order chi connectivity index (χ0) is 43.9. The zero-order valence-electron chi connectivity index (χ0n) is 36.6. The molecule has 9 atom stereocenters. The molecule has 3 rings (SSSR count). The maximum absolute atomic E-state index is 14.3. The number of hydrogen-bond acceptors (Lipinski definition) is 9. The molecule has 0 bridgehead atoms. The summed E-state index contributed by atoms with van der Waals surface area (Å²) in [5.41, 5.74) is 2.54. The van der Waals surface area contributed by atoms with Crippen LogP contribution >= 0.6 is 7.37 Å². The number of likely N-dealkylation sites (N-methyl/N-ethyl adjacent to an activating group) is 1. The van der Waals surface area contributed by atoms with Gasteiger partial charge in [0.05, 0.1) is 49.8 Å². The number of likely N-dealkylation sites (tertiary alicyclic amines) is 1. The first-order chi connectivity index (χ1) is 28.0. The van der Waals surface area contributed by atoms with Crippen molar-refractivity contribution in [2.24, 2.45) is 17.8 Å². The molecule has 1 heterocycles. The largest absolute Gasteiger partial charge is 0.469 e. The molecule has 1 fully saturated rings. The Morgan fingerprint density at radius 1 is 0.949 bits per heavy atom. The van der Waals surface area contributed by atoms with Crippen LogP contribution < -0.4 is 10.6 Å². The smallest absolute Gasteiger partial charge is 0.315 e. The molecule has 1 aliphatic heterocycles. The first-order valence-electron chi connectivity index (χ1n) is 20.8. The minimum atomic E-state index is -4.27. The third-order valence-electron chi connectivity index (χ3n) is 11.8. The van der Waals surface area contributed by atoms with Crippen LogP contribution in [0.25, 0.3) is 0 Å². The molecular formula is C45H69N4O9P. The second kappa shape index (κ2) is 23.7. The molecule has 1 unspecified atom stereocenters. The van der Waals surface area contributed by atoms with Gasteiger partial charge in [-0.05, 0) is 42.2 Å². The topological polar surface area (TPSA) is 164 Å². The predicted octanol–water partition coefficient (Wildman–Crippen LogP) is 5.80. The van der Waals surface area contributed by atoms with Gasteiger partial charge in [-0.1, -0.05) is 108 Å². The van der Waals surface area contributed by atoms with E-state index in [0.29, 0.717) is 37.8 Å². The number of aryl methyl sites for hydroxylation is 1. The summed E-state index contributed by atoms with van der Waals surface area (Å²) in [4.78, 5) is 68.4. The van der Waals surface area contributed by atoms with Crippen molar-refractivity contribution in [2.45, 2.75) is 116 Å². The molecule has 0 aromatic heterocycles. The van der Waals surface area contributed by atoms with Gasteiger partial charge in [0.15, 0.2) is 0 Å². The molecule has 1 saturated heterocycles. The molecule has 59 heavy (non-hydrogen) atoms. The summed E-state index contributed by atoms with van der Waals surface area (Å²) in [5, 5.41) is 5.97. The summed E-state index contributed by atoms with van der Waals surface area (Å²) in [6.07, 6.45) is 1.15. The summed E-state index contributed by atoms with van der Waals surface area (Å²) in [7, 11) is 1.91. The molecule has 328 valence electrons. The average Bonchev–Trinajstić information content (AvgIpc) is 3.71. The van der Waals surface area contributed by atoms with E-state index in [0.717, 1.165) is 24.8 Å². The van der Waals surface area contributed by atoms with Crippen molar-refractivity contribution in [2.75, 3.05) is 41.1 Å². The van der Waals surface area contributed by atoms with Crippen molar-refractivity contribution in [1.29, 1.82) is 0 Å². The highest BCUT2D eigenvalue weighted by Crippen LogP contribution is 2.46. The van der Waals surface area contributed by atoms with Gasteiger partial charge >= 0.3 is 5.97 Å². The lowest BCUT2D eigenvalue weighted by Gasteiger charge is -2.43. The van der Waals surface area contributed by atoms with Crippen LogP contribution in [0.3, 0.4) is 0 Å². The van der Waals surface area contributed by atoms with E-state index >= 15 is 0 Å². The van der Waals surface area contributed by atoms with E-state index in [9.17, 15) is 28.6 Å².